The van der Waals surface area contributed by atoms with E-state index in [2.05, 4.69) is 25.6 Å². The molecule has 3 aromatic rings. The van der Waals surface area contributed by atoms with Gasteiger partial charge >= 0.3 is 5.69 Å². The number of aromatic nitrogens is 3. The Morgan fingerprint density at radius 3 is 2.36 bits per heavy atom. The van der Waals surface area contributed by atoms with Crippen LogP contribution in [0.5, 0.6) is 0 Å². The molecule has 0 aliphatic carbocycles. The van der Waals surface area contributed by atoms with Crippen LogP contribution < -0.4 is 10.6 Å². The number of pyridine rings is 1. The van der Waals surface area contributed by atoms with E-state index in [9.17, 15) is 10.1 Å². The first kappa shape index (κ1) is 16.6. The van der Waals surface area contributed by atoms with Crippen LogP contribution in [0.4, 0.5) is 28.8 Å². The van der Waals surface area contributed by atoms with E-state index < -0.39 is 4.92 Å². The molecule has 9 heteroatoms. The molecule has 0 saturated carbocycles. The predicted molar refractivity (Wildman–Crippen MR) is 95.7 cm³/mol. The minimum absolute atomic E-state index is 0.0505. The fourth-order valence-corrected chi connectivity index (χ4v) is 2.26. The first-order valence-corrected chi connectivity index (χ1v) is 7.63. The lowest BCUT2D eigenvalue weighted by Gasteiger charge is -2.10. The van der Waals surface area contributed by atoms with E-state index in [0.29, 0.717) is 16.5 Å². The Balaban J connectivity index is 1.96. The van der Waals surface area contributed by atoms with Gasteiger partial charge in [0, 0.05) is 16.4 Å². The van der Waals surface area contributed by atoms with Gasteiger partial charge in [0.1, 0.15) is 12.1 Å². The van der Waals surface area contributed by atoms with E-state index in [1.165, 1.54) is 6.33 Å². The normalized spacial score (nSPS) is 10.3. The maximum atomic E-state index is 11.5. The first-order valence-electron chi connectivity index (χ1n) is 7.25. The lowest BCUT2D eigenvalue weighted by atomic mass is 10.3. The van der Waals surface area contributed by atoms with Gasteiger partial charge in [0.25, 0.3) is 0 Å². The standard InChI is InChI=1S/C16H13ClN6O2/c1-10-3-2-4-13(20-10)22-16-14(23(24)25)15(18-9-19-16)21-12-7-5-11(17)6-8-12/h2-9H,1H3,(H2,18,19,20,21,22). The molecule has 25 heavy (non-hydrogen) atoms. The Kier molecular flexibility index (Phi) is 4.71. The van der Waals surface area contributed by atoms with Gasteiger partial charge in [0.15, 0.2) is 0 Å². The number of benzene rings is 1. The quantitative estimate of drug-likeness (QED) is 0.520. The fourth-order valence-electron chi connectivity index (χ4n) is 2.14. The van der Waals surface area contributed by atoms with Crippen LogP contribution in [0.3, 0.4) is 0 Å². The average Bonchev–Trinajstić information content (AvgIpc) is 2.57. The predicted octanol–water partition coefficient (Wildman–Crippen LogP) is 4.23. The summed E-state index contributed by atoms with van der Waals surface area (Å²) in [6.45, 7) is 1.83. The molecule has 0 spiro atoms. The Morgan fingerprint density at radius 2 is 1.72 bits per heavy atom. The number of aryl methyl sites for hydroxylation is 1. The molecule has 0 radical (unpaired) electrons. The number of nitro groups is 1. The highest BCUT2D eigenvalue weighted by molar-refractivity contribution is 6.30. The molecule has 0 bridgehead atoms. The van der Waals surface area contributed by atoms with E-state index in [1.54, 1.807) is 36.4 Å². The molecule has 3 rings (SSSR count). The highest BCUT2D eigenvalue weighted by Crippen LogP contribution is 2.32. The number of anilines is 4. The zero-order valence-corrected chi connectivity index (χ0v) is 13.9. The number of nitrogens with one attached hydrogen (secondary N) is 2. The molecular weight excluding hydrogens is 344 g/mol. The van der Waals surface area contributed by atoms with Crippen LogP contribution >= 0.6 is 11.6 Å². The van der Waals surface area contributed by atoms with Crippen LogP contribution in [0.15, 0.2) is 48.8 Å². The molecule has 0 fully saturated rings. The summed E-state index contributed by atoms with van der Waals surface area (Å²) >= 11 is 5.85. The van der Waals surface area contributed by atoms with Crippen LogP contribution in [-0.4, -0.2) is 19.9 Å². The number of hydrogen-bond donors (Lipinski definition) is 2. The van der Waals surface area contributed by atoms with Crippen LogP contribution in [0.2, 0.25) is 5.02 Å². The van der Waals surface area contributed by atoms with Crippen molar-refractivity contribution in [2.75, 3.05) is 10.6 Å². The van der Waals surface area contributed by atoms with E-state index in [-0.39, 0.29) is 17.3 Å². The fraction of sp³-hybridized carbons (Fsp3) is 0.0625. The zero-order chi connectivity index (χ0) is 17.8. The van der Waals surface area contributed by atoms with Crippen molar-refractivity contribution in [2.24, 2.45) is 0 Å². The second kappa shape index (κ2) is 7.10. The Morgan fingerprint density at radius 1 is 1.04 bits per heavy atom. The van der Waals surface area contributed by atoms with Gasteiger partial charge in [-0.25, -0.2) is 15.0 Å². The summed E-state index contributed by atoms with van der Waals surface area (Å²) in [6, 6.07) is 12.1. The molecule has 1 aromatic carbocycles. The minimum Gasteiger partial charge on any atom is -0.334 e. The van der Waals surface area contributed by atoms with Gasteiger partial charge in [-0.1, -0.05) is 17.7 Å². The van der Waals surface area contributed by atoms with E-state index >= 15 is 0 Å². The third kappa shape index (κ3) is 3.99. The lowest BCUT2D eigenvalue weighted by Crippen LogP contribution is -2.06. The van der Waals surface area contributed by atoms with Crippen molar-refractivity contribution < 1.29 is 4.92 Å². The Bertz CT molecular complexity index is 917. The molecule has 0 aliphatic heterocycles. The molecule has 0 atom stereocenters. The van der Waals surface area contributed by atoms with E-state index in [0.717, 1.165) is 5.69 Å². The number of halogens is 1. The Hall–Kier alpha value is -3.26. The van der Waals surface area contributed by atoms with Crippen LogP contribution in [0.1, 0.15) is 5.69 Å². The second-order valence-electron chi connectivity index (χ2n) is 5.10. The summed E-state index contributed by atoms with van der Waals surface area (Å²) in [6.07, 6.45) is 1.24. The molecule has 0 saturated heterocycles. The monoisotopic (exact) mass is 356 g/mol. The van der Waals surface area contributed by atoms with Gasteiger partial charge < -0.3 is 10.6 Å². The van der Waals surface area contributed by atoms with Crippen molar-refractivity contribution in [1.29, 1.82) is 0 Å². The largest absolute Gasteiger partial charge is 0.353 e. The van der Waals surface area contributed by atoms with Gasteiger partial charge in [0.05, 0.1) is 4.92 Å². The van der Waals surface area contributed by atoms with Crippen LogP contribution in [0.25, 0.3) is 0 Å². The zero-order valence-electron chi connectivity index (χ0n) is 13.1. The third-order valence-corrected chi connectivity index (χ3v) is 3.50. The van der Waals surface area contributed by atoms with Gasteiger partial charge in [0.2, 0.25) is 11.6 Å². The van der Waals surface area contributed by atoms with Crippen LogP contribution in [0, 0.1) is 17.0 Å². The molecule has 0 aliphatic rings. The first-order chi connectivity index (χ1) is 12.0. The molecule has 2 N–H and O–H groups in total. The van der Waals surface area contributed by atoms with Crippen molar-refractivity contribution in [3.8, 4) is 0 Å². The van der Waals surface area contributed by atoms with Crippen molar-refractivity contribution in [1.82, 2.24) is 15.0 Å². The van der Waals surface area contributed by atoms with Gasteiger partial charge in [-0.05, 0) is 43.3 Å². The average molecular weight is 357 g/mol. The van der Waals surface area contributed by atoms with E-state index in [4.69, 9.17) is 11.6 Å². The maximum Gasteiger partial charge on any atom is 0.353 e. The smallest absolute Gasteiger partial charge is 0.334 e. The summed E-state index contributed by atoms with van der Waals surface area (Å²) in [5.74, 6) is 0.575. The molecule has 0 unspecified atom stereocenters. The summed E-state index contributed by atoms with van der Waals surface area (Å²) in [4.78, 5) is 23.2. The second-order valence-corrected chi connectivity index (χ2v) is 5.53. The third-order valence-electron chi connectivity index (χ3n) is 3.25. The molecular formula is C16H13ClN6O2. The summed E-state index contributed by atoms with van der Waals surface area (Å²) in [5, 5.41) is 17.9. The van der Waals surface area contributed by atoms with Crippen LogP contribution in [-0.2, 0) is 0 Å². The maximum absolute atomic E-state index is 11.5. The number of nitrogens with zero attached hydrogens (tertiary/aromatic N) is 4. The Labute approximate surface area is 148 Å². The summed E-state index contributed by atoms with van der Waals surface area (Å²) < 4.78 is 0. The van der Waals surface area contributed by atoms with Crippen molar-refractivity contribution >= 4 is 40.4 Å². The van der Waals surface area contributed by atoms with Gasteiger partial charge in [-0.15, -0.1) is 0 Å². The number of rotatable bonds is 5. The van der Waals surface area contributed by atoms with E-state index in [1.807, 2.05) is 13.0 Å². The van der Waals surface area contributed by atoms with Crippen molar-refractivity contribution in [3.05, 3.63) is 69.6 Å². The molecule has 126 valence electrons. The topological polar surface area (TPSA) is 106 Å². The molecule has 2 aromatic heterocycles. The highest BCUT2D eigenvalue weighted by Gasteiger charge is 2.23. The minimum atomic E-state index is -0.545. The summed E-state index contributed by atoms with van der Waals surface area (Å²) in [7, 11) is 0. The summed E-state index contributed by atoms with van der Waals surface area (Å²) in [5.41, 5.74) is 1.12. The van der Waals surface area contributed by atoms with Gasteiger partial charge in [-0.3, -0.25) is 10.1 Å². The highest BCUT2D eigenvalue weighted by atomic mass is 35.5. The van der Waals surface area contributed by atoms with Crippen molar-refractivity contribution in [2.45, 2.75) is 6.92 Å². The lowest BCUT2D eigenvalue weighted by molar-refractivity contribution is -0.383. The molecule has 2 heterocycles. The van der Waals surface area contributed by atoms with Gasteiger partial charge in [-0.2, -0.15) is 0 Å². The number of hydrogen-bond acceptors (Lipinski definition) is 7. The molecule has 8 nitrogen and oxygen atoms in total. The SMILES string of the molecule is Cc1cccc(Nc2ncnc(Nc3ccc(Cl)cc3)c2[N+](=O)[O-])n1. The van der Waals surface area contributed by atoms with Crippen molar-refractivity contribution in [3.63, 3.8) is 0 Å². The molecule has 0 amide bonds.